The van der Waals surface area contributed by atoms with Crippen LogP contribution in [0.15, 0.2) is 48.5 Å². The zero-order valence-electron chi connectivity index (χ0n) is 11.7. The van der Waals surface area contributed by atoms with Gasteiger partial charge in [-0.15, -0.1) is 11.3 Å². The van der Waals surface area contributed by atoms with Crippen molar-refractivity contribution in [1.82, 2.24) is 4.98 Å². The van der Waals surface area contributed by atoms with Crippen molar-refractivity contribution < 1.29 is 9.53 Å². The lowest BCUT2D eigenvalue weighted by Crippen LogP contribution is -2.06. The Morgan fingerprint density at radius 2 is 1.81 bits per heavy atom. The average molecular weight is 297 g/mol. The minimum absolute atomic E-state index is 0.0553. The highest BCUT2D eigenvalue weighted by atomic mass is 32.1. The molecular weight excluding hydrogens is 282 g/mol. The molecule has 3 nitrogen and oxygen atoms in total. The second-order valence-electron chi connectivity index (χ2n) is 4.79. The van der Waals surface area contributed by atoms with Gasteiger partial charge in [0.15, 0.2) is 10.8 Å². The molecule has 0 bridgehead atoms. The lowest BCUT2D eigenvalue weighted by atomic mass is 10.0. The second-order valence-corrected chi connectivity index (χ2v) is 5.82. The van der Waals surface area contributed by atoms with E-state index in [1.807, 2.05) is 48.5 Å². The number of ether oxygens (including phenoxy) is 1. The van der Waals surface area contributed by atoms with Crippen molar-refractivity contribution in [2.75, 3.05) is 7.11 Å². The number of rotatable bonds is 5. The molecule has 0 amide bonds. The van der Waals surface area contributed by atoms with E-state index in [0.717, 1.165) is 21.3 Å². The summed E-state index contributed by atoms with van der Waals surface area (Å²) in [5.74, 6) is 0.0553. The van der Waals surface area contributed by atoms with Crippen LogP contribution in [0.1, 0.15) is 20.9 Å². The van der Waals surface area contributed by atoms with Crippen LogP contribution in [0.2, 0.25) is 0 Å². The third-order valence-corrected chi connectivity index (χ3v) is 4.38. The summed E-state index contributed by atoms with van der Waals surface area (Å²) in [5, 5.41) is 0.573. The monoisotopic (exact) mass is 297 g/mol. The number of aromatic nitrogens is 1. The molecule has 106 valence electrons. The van der Waals surface area contributed by atoms with E-state index in [1.54, 1.807) is 7.11 Å². The number of ketones is 1. The van der Waals surface area contributed by atoms with Crippen molar-refractivity contribution in [1.29, 1.82) is 0 Å². The van der Waals surface area contributed by atoms with Gasteiger partial charge in [0.1, 0.15) is 0 Å². The fourth-order valence-corrected chi connectivity index (χ4v) is 3.17. The largest absolute Gasteiger partial charge is 0.380 e. The number of hydrogen-bond donors (Lipinski definition) is 0. The molecule has 0 aliphatic carbocycles. The van der Waals surface area contributed by atoms with E-state index in [9.17, 15) is 4.79 Å². The first-order valence-electron chi connectivity index (χ1n) is 6.72. The fourth-order valence-electron chi connectivity index (χ4n) is 2.27. The molecule has 1 heterocycles. The first kappa shape index (κ1) is 13.9. The molecular formula is C17H15NO2S. The Bertz CT molecular complexity index is 746. The molecule has 0 fully saturated rings. The molecule has 0 N–H and O–H groups in total. The van der Waals surface area contributed by atoms with E-state index in [1.165, 1.54) is 11.3 Å². The van der Waals surface area contributed by atoms with Crippen LogP contribution in [0.3, 0.4) is 0 Å². The molecule has 2 aromatic carbocycles. The van der Waals surface area contributed by atoms with Crippen molar-refractivity contribution in [3.8, 4) is 0 Å². The summed E-state index contributed by atoms with van der Waals surface area (Å²) in [5.41, 5.74) is 2.94. The predicted octanol–water partition coefficient (Wildman–Crippen LogP) is 3.87. The normalized spacial score (nSPS) is 10.9. The Balaban J connectivity index is 1.86. The first-order valence-corrected chi connectivity index (χ1v) is 7.54. The van der Waals surface area contributed by atoms with Crippen molar-refractivity contribution in [3.63, 3.8) is 0 Å². The third-order valence-electron chi connectivity index (χ3n) is 3.30. The van der Waals surface area contributed by atoms with Crippen molar-refractivity contribution in [2.45, 2.75) is 13.0 Å². The van der Waals surface area contributed by atoms with Gasteiger partial charge in [0.05, 0.1) is 16.8 Å². The van der Waals surface area contributed by atoms with Gasteiger partial charge in [-0.25, -0.2) is 4.98 Å². The van der Waals surface area contributed by atoms with Gasteiger partial charge in [0, 0.05) is 13.5 Å². The second kappa shape index (κ2) is 6.16. The number of carbonyl (C=O) groups excluding carboxylic acids is 1. The zero-order valence-corrected chi connectivity index (χ0v) is 12.5. The van der Waals surface area contributed by atoms with E-state index < -0.39 is 0 Å². The highest BCUT2D eigenvalue weighted by Gasteiger charge is 2.14. The van der Waals surface area contributed by atoms with Gasteiger partial charge in [0.2, 0.25) is 0 Å². The van der Waals surface area contributed by atoms with Crippen molar-refractivity contribution >= 4 is 27.3 Å². The molecule has 0 spiro atoms. The lowest BCUT2D eigenvalue weighted by molar-refractivity contribution is 0.0992. The van der Waals surface area contributed by atoms with Gasteiger partial charge in [0.25, 0.3) is 0 Å². The Morgan fingerprint density at radius 3 is 2.57 bits per heavy atom. The number of carbonyl (C=O) groups is 1. The molecule has 0 saturated carbocycles. The standard InChI is InChI=1S/C17H15NO2S/c1-20-11-13-7-3-2-6-12(13)10-15(19)17-18-14-8-4-5-9-16(14)21-17/h2-9H,10-11H2,1H3. The fraction of sp³-hybridized carbons (Fsp3) is 0.176. The highest BCUT2D eigenvalue weighted by Crippen LogP contribution is 2.23. The zero-order chi connectivity index (χ0) is 14.7. The number of nitrogens with zero attached hydrogens (tertiary/aromatic N) is 1. The summed E-state index contributed by atoms with van der Waals surface area (Å²) >= 11 is 1.45. The number of Topliss-reactive ketones (excluding diaryl/α,β-unsaturated/α-hetero) is 1. The molecule has 0 saturated heterocycles. The van der Waals surface area contributed by atoms with Crippen LogP contribution in [-0.2, 0) is 17.8 Å². The van der Waals surface area contributed by atoms with E-state index in [4.69, 9.17) is 4.74 Å². The summed E-state index contributed by atoms with van der Waals surface area (Å²) < 4.78 is 6.23. The first-order chi connectivity index (χ1) is 10.3. The molecule has 21 heavy (non-hydrogen) atoms. The number of para-hydroxylation sites is 1. The molecule has 3 rings (SSSR count). The van der Waals surface area contributed by atoms with Crippen LogP contribution < -0.4 is 0 Å². The maximum atomic E-state index is 12.4. The number of hydrogen-bond acceptors (Lipinski definition) is 4. The van der Waals surface area contributed by atoms with E-state index in [2.05, 4.69) is 4.98 Å². The Labute approximate surface area is 127 Å². The van der Waals surface area contributed by atoms with Crippen LogP contribution in [0.25, 0.3) is 10.2 Å². The van der Waals surface area contributed by atoms with Gasteiger partial charge in [-0.05, 0) is 23.3 Å². The smallest absolute Gasteiger partial charge is 0.195 e. The Kier molecular flexibility index (Phi) is 4.08. The number of methoxy groups -OCH3 is 1. The van der Waals surface area contributed by atoms with Crippen LogP contribution in [0, 0.1) is 0 Å². The van der Waals surface area contributed by atoms with E-state index in [-0.39, 0.29) is 5.78 Å². The Morgan fingerprint density at radius 1 is 1.10 bits per heavy atom. The minimum atomic E-state index is 0.0553. The minimum Gasteiger partial charge on any atom is -0.380 e. The van der Waals surface area contributed by atoms with Crippen LogP contribution in [0.4, 0.5) is 0 Å². The van der Waals surface area contributed by atoms with Crippen LogP contribution in [-0.4, -0.2) is 17.9 Å². The van der Waals surface area contributed by atoms with Crippen LogP contribution >= 0.6 is 11.3 Å². The van der Waals surface area contributed by atoms with E-state index >= 15 is 0 Å². The molecule has 0 aliphatic heterocycles. The maximum Gasteiger partial charge on any atom is 0.195 e. The molecule has 1 aromatic heterocycles. The number of thiazole rings is 1. The summed E-state index contributed by atoms with van der Waals surface area (Å²) in [6.45, 7) is 0.517. The van der Waals surface area contributed by atoms with Crippen LogP contribution in [0.5, 0.6) is 0 Å². The third kappa shape index (κ3) is 3.01. The lowest BCUT2D eigenvalue weighted by Gasteiger charge is -2.06. The Hall–Kier alpha value is -2.04. The van der Waals surface area contributed by atoms with E-state index in [0.29, 0.717) is 18.0 Å². The molecule has 0 atom stereocenters. The van der Waals surface area contributed by atoms with Crippen molar-refractivity contribution in [3.05, 3.63) is 64.7 Å². The number of benzene rings is 2. The molecule has 4 heteroatoms. The van der Waals surface area contributed by atoms with Gasteiger partial charge < -0.3 is 4.74 Å². The summed E-state index contributed by atoms with van der Waals surface area (Å²) in [7, 11) is 1.66. The SMILES string of the molecule is COCc1ccccc1CC(=O)c1nc2ccccc2s1. The van der Waals surface area contributed by atoms with Gasteiger partial charge in [-0.3, -0.25) is 4.79 Å². The molecule has 0 aliphatic rings. The maximum absolute atomic E-state index is 12.4. The average Bonchev–Trinajstić information content (AvgIpc) is 2.93. The summed E-state index contributed by atoms with van der Waals surface area (Å²) in [6, 6.07) is 15.7. The molecule has 0 unspecified atom stereocenters. The summed E-state index contributed by atoms with van der Waals surface area (Å²) in [6.07, 6.45) is 0.360. The van der Waals surface area contributed by atoms with Gasteiger partial charge in [-0.2, -0.15) is 0 Å². The molecule has 3 aromatic rings. The number of fused-ring (bicyclic) bond motifs is 1. The topological polar surface area (TPSA) is 39.2 Å². The highest BCUT2D eigenvalue weighted by molar-refractivity contribution is 7.20. The molecule has 0 radical (unpaired) electrons. The van der Waals surface area contributed by atoms with Crippen molar-refractivity contribution in [2.24, 2.45) is 0 Å². The predicted molar refractivity (Wildman–Crippen MR) is 84.8 cm³/mol. The van der Waals surface area contributed by atoms with Gasteiger partial charge >= 0.3 is 0 Å². The quantitative estimate of drug-likeness (QED) is 0.671. The van der Waals surface area contributed by atoms with Gasteiger partial charge in [-0.1, -0.05) is 36.4 Å². The summed E-state index contributed by atoms with van der Waals surface area (Å²) in [4.78, 5) is 16.9.